The number of benzene rings is 2. The molecule has 3 heterocycles. The first kappa shape index (κ1) is 20.5. The molecule has 5 rings (SSSR count). The summed E-state index contributed by atoms with van der Waals surface area (Å²) in [5.41, 5.74) is 4.50. The fraction of sp³-hybridized carbons (Fsp3) is 0.400. The van der Waals surface area contributed by atoms with Crippen molar-refractivity contribution >= 4 is 33.2 Å². The van der Waals surface area contributed by atoms with E-state index in [1.54, 1.807) is 0 Å². The Morgan fingerprint density at radius 2 is 2.10 bits per heavy atom. The van der Waals surface area contributed by atoms with Crippen LogP contribution in [0.2, 0.25) is 0 Å². The zero-order chi connectivity index (χ0) is 21.2. The minimum atomic E-state index is -0.963. The number of fused-ring (bicyclic) bond motifs is 2. The van der Waals surface area contributed by atoms with Gasteiger partial charge in [-0.2, -0.15) is 0 Å². The maximum Gasteiger partial charge on any atom is 0.131 e. The van der Waals surface area contributed by atoms with Crippen molar-refractivity contribution in [2.24, 2.45) is 0 Å². The largest absolute Gasteiger partial charge is 0.383 e. The van der Waals surface area contributed by atoms with Gasteiger partial charge in [0.25, 0.3) is 0 Å². The van der Waals surface area contributed by atoms with Crippen molar-refractivity contribution in [3.8, 4) is 0 Å². The first-order valence-corrected chi connectivity index (χ1v) is 12.6. The van der Waals surface area contributed by atoms with Gasteiger partial charge in [-0.3, -0.25) is 4.21 Å². The molecule has 2 N–H and O–H groups in total. The van der Waals surface area contributed by atoms with Crippen LogP contribution in [0.4, 0.5) is 11.5 Å². The van der Waals surface area contributed by atoms with Crippen molar-refractivity contribution in [3.05, 3.63) is 59.7 Å². The van der Waals surface area contributed by atoms with E-state index >= 15 is 0 Å². The van der Waals surface area contributed by atoms with Crippen LogP contribution in [0.5, 0.6) is 0 Å². The van der Waals surface area contributed by atoms with E-state index in [1.165, 1.54) is 30.2 Å². The molecule has 0 amide bonds. The second kappa shape index (κ2) is 8.97. The van der Waals surface area contributed by atoms with Crippen LogP contribution in [0.25, 0.3) is 10.9 Å². The number of anilines is 2. The van der Waals surface area contributed by atoms with Crippen molar-refractivity contribution in [1.82, 2.24) is 10.3 Å². The van der Waals surface area contributed by atoms with Gasteiger partial charge in [-0.15, -0.1) is 0 Å². The van der Waals surface area contributed by atoms with Gasteiger partial charge < -0.3 is 15.5 Å². The van der Waals surface area contributed by atoms with E-state index in [0.717, 1.165) is 53.7 Å². The zero-order valence-electron chi connectivity index (χ0n) is 18.1. The molecule has 3 aromatic rings. The predicted octanol–water partition coefficient (Wildman–Crippen LogP) is 4.23. The molecule has 2 aliphatic rings. The van der Waals surface area contributed by atoms with Crippen LogP contribution in [0.15, 0.2) is 53.4 Å². The molecular weight excluding hydrogens is 404 g/mol. The molecule has 1 fully saturated rings. The molecule has 6 heteroatoms. The summed E-state index contributed by atoms with van der Waals surface area (Å²) in [6, 6.07) is 17.2. The average Bonchev–Trinajstić information content (AvgIpc) is 2.97. The van der Waals surface area contributed by atoms with E-state index in [0.29, 0.717) is 11.8 Å². The molecule has 2 aromatic carbocycles. The fourth-order valence-corrected chi connectivity index (χ4v) is 5.87. The van der Waals surface area contributed by atoms with E-state index in [9.17, 15) is 4.21 Å². The third-order valence-corrected chi connectivity index (χ3v) is 7.79. The topological polar surface area (TPSA) is 57.3 Å². The first-order chi connectivity index (χ1) is 15.2. The third kappa shape index (κ3) is 4.46. The molecule has 5 nitrogen and oxygen atoms in total. The fourth-order valence-electron chi connectivity index (χ4n) is 4.61. The van der Waals surface area contributed by atoms with Crippen LogP contribution in [0, 0.1) is 6.92 Å². The van der Waals surface area contributed by atoms with Crippen LogP contribution in [-0.2, 0) is 17.3 Å². The molecule has 2 atom stereocenters. The number of nitrogens with zero attached hydrogens (tertiary/aromatic N) is 2. The summed E-state index contributed by atoms with van der Waals surface area (Å²) in [5.74, 6) is 1.57. The molecule has 0 bridgehead atoms. The maximum absolute atomic E-state index is 12.7. The standard InChI is InChI=1S/C25H30N4OS/c1-18-9-10-22-21(14-18)23(27-16-20-7-4-5-11-26-20)15-25(28-22)29-12-13-31(30)24-8-3-2-6-19(24)17-29/h2-3,6,8-10,14-15,20,26H,4-5,7,11-13,16-17H2,1H3,(H,27,28). The highest BCUT2D eigenvalue weighted by molar-refractivity contribution is 7.85. The zero-order valence-corrected chi connectivity index (χ0v) is 18.9. The molecule has 0 radical (unpaired) electrons. The summed E-state index contributed by atoms with van der Waals surface area (Å²) < 4.78 is 12.7. The predicted molar refractivity (Wildman–Crippen MR) is 129 cm³/mol. The Kier molecular flexibility index (Phi) is 5.92. The monoisotopic (exact) mass is 434 g/mol. The van der Waals surface area contributed by atoms with Crippen LogP contribution >= 0.6 is 0 Å². The van der Waals surface area contributed by atoms with Crippen molar-refractivity contribution in [2.75, 3.05) is 35.6 Å². The minimum absolute atomic E-state index is 0.512. The molecule has 162 valence electrons. The summed E-state index contributed by atoms with van der Waals surface area (Å²) in [6.45, 7) is 5.61. The lowest BCUT2D eigenvalue weighted by Crippen LogP contribution is -2.39. The average molecular weight is 435 g/mol. The molecule has 0 spiro atoms. The summed E-state index contributed by atoms with van der Waals surface area (Å²) in [4.78, 5) is 8.24. The maximum atomic E-state index is 12.7. The van der Waals surface area contributed by atoms with Crippen molar-refractivity contribution < 1.29 is 4.21 Å². The van der Waals surface area contributed by atoms with Gasteiger partial charge in [-0.25, -0.2) is 4.98 Å². The molecule has 1 aromatic heterocycles. The van der Waals surface area contributed by atoms with Gasteiger partial charge in [0, 0.05) is 53.5 Å². The van der Waals surface area contributed by atoms with E-state index in [1.807, 2.05) is 18.2 Å². The smallest absolute Gasteiger partial charge is 0.131 e. The lowest BCUT2D eigenvalue weighted by molar-refractivity contribution is 0.414. The number of aromatic nitrogens is 1. The molecule has 2 aliphatic heterocycles. The number of piperidine rings is 1. The Balaban J connectivity index is 1.48. The van der Waals surface area contributed by atoms with Gasteiger partial charge in [-0.05, 0) is 50.1 Å². The van der Waals surface area contributed by atoms with Crippen molar-refractivity contribution in [1.29, 1.82) is 0 Å². The third-order valence-electron chi connectivity index (χ3n) is 6.35. The molecule has 2 unspecified atom stereocenters. The van der Waals surface area contributed by atoms with Gasteiger partial charge in [0.05, 0.1) is 16.3 Å². The Morgan fingerprint density at radius 1 is 1.19 bits per heavy atom. The molecule has 31 heavy (non-hydrogen) atoms. The van der Waals surface area contributed by atoms with Gasteiger partial charge in [-0.1, -0.05) is 36.2 Å². The van der Waals surface area contributed by atoms with Crippen LogP contribution < -0.4 is 15.5 Å². The first-order valence-electron chi connectivity index (χ1n) is 11.3. The number of pyridine rings is 1. The molecule has 1 saturated heterocycles. The number of hydrogen-bond acceptors (Lipinski definition) is 5. The van der Waals surface area contributed by atoms with Crippen LogP contribution in [0.1, 0.15) is 30.4 Å². The highest BCUT2D eigenvalue weighted by atomic mass is 32.2. The lowest BCUT2D eigenvalue weighted by atomic mass is 10.0. The summed E-state index contributed by atoms with van der Waals surface area (Å²) >= 11 is 0. The molecule has 0 saturated carbocycles. The second-order valence-corrected chi connectivity index (χ2v) is 10.2. The van der Waals surface area contributed by atoms with E-state index in [2.05, 4.69) is 52.8 Å². The number of aryl methyl sites for hydroxylation is 1. The van der Waals surface area contributed by atoms with Crippen molar-refractivity contribution in [3.63, 3.8) is 0 Å². The highest BCUT2D eigenvalue weighted by Crippen LogP contribution is 2.30. The van der Waals surface area contributed by atoms with Gasteiger partial charge in [0.15, 0.2) is 0 Å². The summed E-state index contributed by atoms with van der Waals surface area (Å²) in [7, 11) is -0.963. The SMILES string of the molecule is Cc1ccc2nc(N3CCS(=O)c4ccccc4C3)cc(NCC3CCCCN3)c2c1. The van der Waals surface area contributed by atoms with Crippen LogP contribution in [-0.4, -0.2) is 40.6 Å². The van der Waals surface area contributed by atoms with E-state index in [4.69, 9.17) is 4.98 Å². The molecular formula is C25H30N4OS. The van der Waals surface area contributed by atoms with E-state index in [-0.39, 0.29) is 0 Å². The number of hydrogen-bond donors (Lipinski definition) is 2. The Bertz CT molecular complexity index is 1110. The van der Waals surface area contributed by atoms with Crippen molar-refractivity contribution in [2.45, 2.75) is 43.7 Å². The Morgan fingerprint density at radius 3 is 2.97 bits per heavy atom. The molecule has 0 aliphatic carbocycles. The van der Waals surface area contributed by atoms with Gasteiger partial charge >= 0.3 is 0 Å². The number of rotatable bonds is 4. The normalized spacial score (nSPS) is 21.5. The Labute approximate surface area is 186 Å². The summed E-state index contributed by atoms with van der Waals surface area (Å²) in [5, 5.41) is 8.51. The minimum Gasteiger partial charge on any atom is -0.383 e. The van der Waals surface area contributed by atoms with E-state index < -0.39 is 10.8 Å². The Hall–Kier alpha value is -2.44. The second-order valence-electron chi connectivity index (χ2n) is 8.66. The quantitative estimate of drug-likeness (QED) is 0.644. The van der Waals surface area contributed by atoms with Gasteiger partial charge in [0.2, 0.25) is 0 Å². The summed E-state index contributed by atoms with van der Waals surface area (Å²) in [6.07, 6.45) is 3.79. The lowest BCUT2D eigenvalue weighted by Gasteiger charge is -2.26. The van der Waals surface area contributed by atoms with Gasteiger partial charge in [0.1, 0.15) is 5.82 Å². The highest BCUT2D eigenvalue weighted by Gasteiger charge is 2.21. The number of nitrogens with one attached hydrogen (secondary N) is 2. The van der Waals surface area contributed by atoms with Crippen LogP contribution in [0.3, 0.4) is 0 Å².